The van der Waals surface area contributed by atoms with Crippen LogP contribution in [0.1, 0.15) is 26.7 Å². The van der Waals surface area contributed by atoms with E-state index >= 15 is 0 Å². The molecular formula is C13H19F2NO5S2. The van der Waals surface area contributed by atoms with Crippen molar-refractivity contribution in [3.63, 3.8) is 0 Å². The quantitative estimate of drug-likeness (QED) is 0.437. The van der Waals surface area contributed by atoms with E-state index in [0.717, 1.165) is 4.90 Å². The summed E-state index contributed by atoms with van der Waals surface area (Å²) in [5.41, 5.74) is 0. The van der Waals surface area contributed by atoms with Crippen LogP contribution in [0.15, 0.2) is 0 Å². The lowest BCUT2D eigenvalue weighted by Gasteiger charge is -2.36. The minimum atomic E-state index is -3.83. The molecule has 1 saturated heterocycles. The largest absolute Gasteiger partial charge is 0.465 e. The number of ether oxygens (including phenoxy) is 1. The summed E-state index contributed by atoms with van der Waals surface area (Å²) in [6, 6.07) is 0. The summed E-state index contributed by atoms with van der Waals surface area (Å²) in [5, 5.41) is 8.91. The average Bonchev–Trinajstić information content (AvgIpc) is 2.47. The molecule has 10 heteroatoms. The van der Waals surface area contributed by atoms with Gasteiger partial charge in [-0.2, -0.15) is 8.78 Å². The Balaban J connectivity index is 2.86. The van der Waals surface area contributed by atoms with Crippen molar-refractivity contribution in [2.24, 2.45) is 5.92 Å². The lowest BCUT2D eigenvalue weighted by atomic mass is 9.88. The number of hydrogen-bond acceptors (Lipinski definition) is 6. The molecule has 0 aromatic heterocycles. The van der Waals surface area contributed by atoms with Crippen LogP contribution < -0.4 is 0 Å². The van der Waals surface area contributed by atoms with E-state index in [4.69, 9.17) is 21.5 Å². The number of hydrogen-bond donors (Lipinski definition) is 1. The number of rotatable bonds is 6. The molecule has 1 heterocycles. The van der Waals surface area contributed by atoms with Gasteiger partial charge in [0, 0.05) is 25.1 Å². The summed E-state index contributed by atoms with van der Waals surface area (Å²) in [7, 11) is 0. The number of amides is 1. The molecule has 0 aromatic rings. The summed E-state index contributed by atoms with van der Waals surface area (Å²) < 4.78 is 38.6. The summed E-state index contributed by atoms with van der Waals surface area (Å²) in [4.78, 5) is 23.6. The maximum absolute atomic E-state index is 14.4. The Hall–Kier alpha value is -1.00. The van der Waals surface area contributed by atoms with E-state index in [1.54, 1.807) is 0 Å². The maximum atomic E-state index is 14.4. The predicted octanol–water partition coefficient (Wildman–Crippen LogP) is 2.96. The summed E-state index contributed by atoms with van der Waals surface area (Å²) in [5.74, 6) is -6.15. The number of esters is 1. The van der Waals surface area contributed by atoms with Crippen LogP contribution in [0.5, 0.6) is 0 Å². The average molecular weight is 371 g/mol. The lowest BCUT2D eigenvalue weighted by molar-refractivity contribution is -0.190. The van der Waals surface area contributed by atoms with E-state index < -0.39 is 30.0 Å². The van der Waals surface area contributed by atoms with Gasteiger partial charge in [0.05, 0.1) is 10.8 Å². The first-order valence-electron chi connectivity index (χ1n) is 7.06. The number of carboxylic acid groups (broad SMARTS) is 1. The number of halogens is 2. The molecule has 0 bridgehead atoms. The number of carbonyl (C=O) groups excluding carboxylic acids is 1. The van der Waals surface area contributed by atoms with Gasteiger partial charge >= 0.3 is 18.0 Å². The fourth-order valence-electron chi connectivity index (χ4n) is 2.29. The Labute approximate surface area is 142 Å². The van der Waals surface area contributed by atoms with Gasteiger partial charge in [-0.25, -0.2) is 9.59 Å². The van der Waals surface area contributed by atoms with Crippen LogP contribution in [-0.2, 0) is 13.7 Å². The van der Waals surface area contributed by atoms with Crippen LogP contribution in [0, 0.1) is 5.92 Å². The van der Waals surface area contributed by atoms with Gasteiger partial charge in [0.2, 0.25) is 0 Å². The molecule has 1 aliphatic heterocycles. The highest BCUT2D eigenvalue weighted by molar-refractivity contribution is 8.20. The molecule has 0 aromatic carbocycles. The Morgan fingerprint density at radius 2 is 2.00 bits per heavy atom. The monoisotopic (exact) mass is 371 g/mol. The fraction of sp³-hybridized carbons (Fsp3) is 0.769. The second kappa shape index (κ2) is 8.74. The number of piperidine rings is 1. The molecule has 0 spiro atoms. The molecule has 23 heavy (non-hydrogen) atoms. The van der Waals surface area contributed by atoms with E-state index in [1.807, 2.05) is 0 Å². The molecular weight excluding hydrogens is 352 g/mol. The zero-order chi connectivity index (χ0) is 17.6. The van der Waals surface area contributed by atoms with E-state index in [2.05, 4.69) is 4.74 Å². The molecule has 6 nitrogen and oxygen atoms in total. The number of nitrogens with zero attached hydrogens (tertiary/aromatic N) is 1. The minimum Gasteiger partial charge on any atom is -0.465 e. The van der Waals surface area contributed by atoms with Gasteiger partial charge in [-0.1, -0.05) is 12.2 Å². The van der Waals surface area contributed by atoms with E-state index in [1.165, 1.54) is 13.8 Å². The van der Waals surface area contributed by atoms with Gasteiger partial charge in [0.1, 0.15) is 0 Å². The third-order valence-electron chi connectivity index (χ3n) is 3.41. The van der Waals surface area contributed by atoms with E-state index in [0.29, 0.717) is 16.2 Å². The van der Waals surface area contributed by atoms with Crippen molar-refractivity contribution in [1.82, 2.24) is 4.90 Å². The fourth-order valence-corrected chi connectivity index (χ4v) is 2.93. The van der Waals surface area contributed by atoms with E-state index in [9.17, 15) is 18.4 Å². The third-order valence-corrected chi connectivity index (χ3v) is 4.15. The third kappa shape index (κ3) is 5.54. The first-order valence-corrected chi connectivity index (χ1v) is 8.21. The first kappa shape index (κ1) is 20.0. The van der Waals surface area contributed by atoms with Crippen molar-refractivity contribution in [2.45, 2.75) is 38.7 Å². The van der Waals surface area contributed by atoms with Gasteiger partial charge < -0.3 is 14.7 Å². The molecule has 0 saturated carbocycles. The zero-order valence-corrected chi connectivity index (χ0v) is 14.4. The standard InChI is InChI=1S/C13H19F2NO5S2/c1-3-20-11(17)13(14,15)10(21-23-8(2)22)9-4-6-16(7-5-9)12(18)19/h9-10H,3-7H2,1-2H3,(H,18,19). The van der Waals surface area contributed by atoms with Gasteiger partial charge in [0.25, 0.3) is 0 Å². The highest BCUT2D eigenvalue weighted by Crippen LogP contribution is 2.36. The van der Waals surface area contributed by atoms with Crippen LogP contribution in [0.3, 0.4) is 0 Å². The molecule has 132 valence electrons. The van der Waals surface area contributed by atoms with Crippen molar-refractivity contribution in [3.05, 3.63) is 0 Å². The highest BCUT2D eigenvalue weighted by Gasteiger charge is 2.54. The number of likely N-dealkylation sites (tertiary alicyclic amines) is 1. The molecule has 0 radical (unpaired) electrons. The molecule has 0 aliphatic carbocycles. The first-order chi connectivity index (χ1) is 10.7. The van der Waals surface area contributed by atoms with Gasteiger partial charge in [-0.05, 0) is 32.6 Å². The second-order valence-electron chi connectivity index (χ2n) is 5.04. The molecule has 1 fully saturated rings. The summed E-state index contributed by atoms with van der Waals surface area (Å²) in [6.45, 7) is 3.01. The van der Waals surface area contributed by atoms with Gasteiger partial charge in [-0.3, -0.25) is 4.18 Å². The molecule has 1 atom stereocenters. The maximum Gasteiger partial charge on any atom is 0.407 e. The number of thiocarbonyl (C=S) groups is 1. The Kier molecular flexibility index (Phi) is 7.62. The molecule has 1 N–H and O–H groups in total. The van der Waals surface area contributed by atoms with Crippen LogP contribution in [0.2, 0.25) is 0 Å². The van der Waals surface area contributed by atoms with Crippen molar-refractivity contribution in [1.29, 1.82) is 0 Å². The number of carbonyl (C=O) groups is 2. The highest BCUT2D eigenvalue weighted by atomic mass is 32.2. The molecule has 1 aliphatic rings. The molecule has 1 unspecified atom stereocenters. The Morgan fingerprint density at radius 3 is 2.43 bits per heavy atom. The van der Waals surface area contributed by atoms with Crippen LogP contribution in [-0.4, -0.2) is 58.0 Å². The molecule has 1 amide bonds. The van der Waals surface area contributed by atoms with Crippen LogP contribution in [0.4, 0.5) is 13.6 Å². The SMILES string of the molecule is CCOC(=O)C(F)(F)C(OSC(C)=S)C1CCN(C(=O)O)CC1. The van der Waals surface area contributed by atoms with Gasteiger partial charge in [-0.15, -0.1) is 0 Å². The second-order valence-corrected chi connectivity index (χ2v) is 6.88. The van der Waals surface area contributed by atoms with Gasteiger partial charge in [0.15, 0.2) is 6.10 Å². The smallest absolute Gasteiger partial charge is 0.407 e. The molecule has 1 rings (SSSR count). The van der Waals surface area contributed by atoms with Crippen LogP contribution in [0.25, 0.3) is 0 Å². The Morgan fingerprint density at radius 1 is 1.43 bits per heavy atom. The van der Waals surface area contributed by atoms with Crippen molar-refractivity contribution in [3.8, 4) is 0 Å². The zero-order valence-electron chi connectivity index (χ0n) is 12.8. The predicted molar refractivity (Wildman–Crippen MR) is 84.6 cm³/mol. The topological polar surface area (TPSA) is 76.1 Å². The van der Waals surface area contributed by atoms with Crippen molar-refractivity contribution < 1.29 is 32.4 Å². The van der Waals surface area contributed by atoms with Crippen molar-refractivity contribution in [2.75, 3.05) is 19.7 Å². The summed E-state index contributed by atoms with van der Waals surface area (Å²) >= 11 is 5.42. The summed E-state index contributed by atoms with van der Waals surface area (Å²) in [6.07, 6.45) is -2.48. The minimum absolute atomic E-state index is 0.111. The number of alkyl halides is 2. The normalized spacial score (nSPS) is 17.7. The van der Waals surface area contributed by atoms with Crippen molar-refractivity contribution >= 4 is 40.5 Å². The van der Waals surface area contributed by atoms with Crippen LogP contribution >= 0.6 is 24.3 Å². The van der Waals surface area contributed by atoms with E-state index in [-0.39, 0.29) is 32.5 Å². The lowest BCUT2D eigenvalue weighted by Crippen LogP contribution is -2.51. The Bertz CT molecular complexity index is 456.